The van der Waals surface area contributed by atoms with E-state index in [4.69, 9.17) is 4.74 Å². The van der Waals surface area contributed by atoms with Crippen LogP contribution in [0, 0.1) is 5.92 Å². The quantitative estimate of drug-likeness (QED) is 0.798. The standard InChI is InChI=1S/C17H19N5O4S/c1-2-26-16(24)14-15(27-20-19-14)18-17(25)21-7-10-6-11(9-21)12-4-3-5-13(23)22(12)8-10/h3-5,10-11H,2,6-9H2,1H3,(H,18,25). The number of likely N-dealkylation sites (tertiary alicyclic amines) is 1. The molecule has 27 heavy (non-hydrogen) atoms. The van der Waals surface area contributed by atoms with Gasteiger partial charge in [-0.15, -0.1) is 5.10 Å². The molecule has 2 aromatic heterocycles. The highest BCUT2D eigenvalue weighted by molar-refractivity contribution is 7.10. The first-order valence-electron chi connectivity index (χ1n) is 8.82. The van der Waals surface area contributed by atoms with Gasteiger partial charge in [0.15, 0.2) is 5.00 Å². The van der Waals surface area contributed by atoms with Crippen molar-refractivity contribution in [2.75, 3.05) is 25.0 Å². The Hall–Kier alpha value is -2.75. The van der Waals surface area contributed by atoms with Gasteiger partial charge in [0.2, 0.25) is 5.69 Å². The average molecular weight is 389 g/mol. The Morgan fingerprint density at radius 2 is 2.19 bits per heavy atom. The SMILES string of the molecule is CCOC(=O)c1nnsc1NC(=O)N1CC2CC(C1)c1cccc(=O)n1C2. The zero-order valence-electron chi connectivity index (χ0n) is 14.8. The predicted molar refractivity (Wildman–Crippen MR) is 98.0 cm³/mol. The number of esters is 1. The molecule has 0 spiro atoms. The molecule has 4 rings (SSSR count). The van der Waals surface area contributed by atoms with Crippen molar-refractivity contribution in [3.05, 3.63) is 39.9 Å². The molecule has 2 atom stereocenters. The lowest BCUT2D eigenvalue weighted by atomic mass is 9.83. The van der Waals surface area contributed by atoms with Crippen molar-refractivity contribution in [1.29, 1.82) is 0 Å². The maximum atomic E-state index is 12.8. The van der Waals surface area contributed by atoms with E-state index in [0.29, 0.717) is 19.6 Å². The van der Waals surface area contributed by atoms with E-state index in [-0.39, 0.29) is 40.7 Å². The minimum atomic E-state index is -0.606. The van der Waals surface area contributed by atoms with Gasteiger partial charge >= 0.3 is 12.0 Å². The summed E-state index contributed by atoms with van der Waals surface area (Å²) in [6, 6.07) is 4.99. The number of ether oxygens (including phenoxy) is 1. The van der Waals surface area contributed by atoms with Gasteiger partial charge < -0.3 is 14.2 Å². The number of pyridine rings is 1. The molecule has 10 heteroatoms. The summed E-state index contributed by atoms with van der Waals surface area (Å²) in [5.74, 6) is -0.252. The number of hydrogen-bond donors (Lipinski definition) is 1. The Labute approximate surface area is 159 Å². The average Bonchev–Trinajstić information content (AvgIpc) is 3.11. The Balaban J connectivity index is 1.50. The number of amides is 2. The number of urea groups is 1. The van der Waals surface area contributed by atoms with Crippen molar-refractivity contribution in [3.63, 3.8) is 0 Å². The van der Waals surface area contributed by atoms with Crippen LogP contribution in [0.4, 0.5) is 9.80 Å². The highest BCUT2D eigenvalue weighted by Gasteiger charge is 2.36. The van der Waals surface area contributed by atoms with Crippen molar-refractivity contribution < 1.29 is 14.3 Å². The summed E-state index contributed by atoms with van der Waals surface area (Å²) in [6.07, 6.45) is 0.962. The van der Waals surface area contributed by atoms with Gasteiger partial charge in [-0.05, 0) is 25.3 Å². The van der Waals surface area contributed by atoms with Crippen LogP contribution in [-0.4, -0.2) is 50.8 Å². The van der Waals surface area contributed by atoms with Crippen LogP contribution in [0.25, 0.3) is 0 Å². The maximum absolute atomic E-state index is 12.8. The molecule has 0 radical (unpaired) electrons. The zero-order valence-corrected chi connectivity index (χ0v) is 15.6. The van der Waals surface area contributed by atoms with Gasteiger partial charge in [-0.25, -0.2) is 9.59 Å². The zero-order chi connectivity index (χ0) is 19.0. The lowest BCUT2D eigenvalue weighted by Crippen LogP contribution is -2.50. The molecule has 2 amide bonds. The minimum absolute atomic E-state index is 0.00918. The van der Waals surface area contributed by atoms with Gasteiger partial charge in [-0.1, -0.05) is 10.6 Å². The van der Waals surface area contributed by atoms with Crippen molar-refractivity contribution in [1.82, 2.24) is 19.1 Å². The number of nitrogens with zero attached hydrogens (tertiary/aromatic N) is 4. The van der Waals surface area contributed by atoms with Gasteiger partial charge in [0.1, 0.15) is 0 Å². The van der Waals surface area contributed by atoms with Crippen LogP contribution < -0.4 is 10.9 Å². The molecule has 0 aliphatic carbocycles. The lowest BCUT2D eigenvalue weighted by molar-refractivity contribution is 0.0520. The minimum Gasteiger partial charge on any atom is -0.461 e. The molecule has 2 bridgehead atoms. The first kappa shape index (κ1) is 17.7. The third-order valence-electron chi connectivity index (χ3n) is 4.94. The topological polar surface area (TPSA) is 106 Å². The molecule has 0 saturated carbocycles. The monoisotopic (exact) mass is 389 g/mol. The summed E-state index contributed by atoms with van der Waals surface area (Å²) in [5.41, 5.74) is 1.00. The van der Waals surface area contributed by atoms with Gasteiger partial charge in [0, 0.05) is 48.8 Å². The summed E-state index contributed by atoms with van der Waals surface area (Å²) in [4.78, 5) is 38.5. The molecule has 142 valence electrons. The van der Waals surface area contributed by atoms with Crippen molar-refractivity contribution >= 4 is 28.5 Å². The largest absolute Gasteiger partial charge is 0.461 e. The predicted octanol–water partition coefficient (Wildman–Crippen LogP) is 1.53. The highest BCUT2D eigenvalue weighted by Crippen LogP contribution is 2.35. The first-order valence-corrected chi connectivity index (χ1v) is 9.59. The molecule has 2 aromatic rings. The maximum Gasteiger partial charge on any atom is 0.362 e. The molecule has 4 heterocycles. The van der Waals surface area contributed by atoms with Gasteiger partial charge in [0.25, 0.3) is 5.56 Å². The second-order valence-electron chi connectivity index (χ2n) is 6.70. The molecular weight excluding hydrogens is 370 g/mol. The van der Waals surface area contributed by atoms with Crippen LogP contribution >= 0.6 is 11.5 Å². The van der Waals surface area contributed by atoms with Crippen LogP contribution in [-0.2, 0) is 11.3 Å². The molecule has 2 unspecified atom stereocenters. The molecule has 1 fully saturated rings. The number of carbonyl (C=O) groups excluding carboxylic acids is 2. The summed E-state index contributed by atoms with van der Waals surface area (Å²) >= 11 is 0.942. The van der Waals surface area contributed by atoms with Gasteiger partial charge in [-0.3, -0.25) is 10.1 Å². The van der Waals surface area contributed by atoms with Crippen molar-refractivity contribution in [3.8, 4) is 0 Å². The number of rotatable bonds is 3. The van der Waals surface area contributed by atoms with E-state index in [0.717, 1.165) is 23.6 Å². The van der Waals surface area contributed by atoms with E-state index in [1.807, 2.05) is 10.6 Å². The van der Waals surface area contributed by atoms with E-state index in [1.165, 1.54) is 0 Å². The molecular formula is C17H19N5O4S. The van der Waals surface area contributed by atoms with E-state index in [1.54, 1.807) is 24.0 Å². The Kier molecular flexibility index (Phi) is 4.65. The van der Waals surface area contributed by atoms with E-state index in [9.17, 15) is 14.4 Å². The smallest absolute Gasteiger partial charge is 0.362 e. The van der Waals surface area contributed by atoms with E-state index in [2.05, 4.69) is 14.9 Å². The van der Waals surface area contributed by atoms with Crippen LogP contribution in [0.3, 0.4) is 0 Å². The second kappa shape index (κ2) is 7.10. The molecule has 1 N–H and O–H groups in total. The Morgan fingerprint density at radius 1 is 1.33 bits per heavy atom. The molecule has 2 aliphatic rings. The van der Waals surface area contributed by atoms with E-state index >= 15 is 0 Å². The number of anilines is 1. The van der Waals surface area contributed by atoms with Crippen LogP contribution in [0.2, 0.25) is 0 Å². The summed E-state index contributed by atoms with van der Waals surface area (Å²) < 4.78 is 10.5. The summed E-state index contributed by atoms with van der Waals surface area (Å²) in [6.45, 7) is 3.62. The lowest BCUT2D eigenvalue weighted by Gasteiger charge is -2.42. The van der Waals surface area contributed by atoms with Crippen molar-refractivity contribution in [2.45, 2.75) is 25.8 Å². The number of carbonyl (C=O) groups is 2. The highest BCUT2D eigenvalue weighted by atomic mass is 32.1. The normalized spacial score (nSPS) is 20.7. The number of nitrogens with one attached hydrogen (secondary N) is 1. The molecule has 1 saturated heterocycles. The molecule has 0 aromatic carbocycles. The van der Waals surface area contributed by atoms with E-state index < -0.39 is 5.97 Å². The number of hydrogen-bond acceptors (Lipinski definition) is 7. The van der Waals surface area contributed by atoms with Crippen LogP contribution in [0.1, 0.15) is 35.4 Å². The number of fused-ring (bicyclic) bond motifs is 4. The fourth-order valence-corrected chi connectivity index (χ4v) is 4.39. The van der Waals surface area contributed by atoms with Gasteiger partial charge in [0.05, 0.1) is 6.61 Å². The fraction of sp³-hybridized carbons (Fsp3) is 0.471. The molecule has 2 aliphatic heterocycles. The summed E-state index contributed by atoms with van der Waals surface area (Å²) in [5, 5.41) is 6.77. The Morgan fingerprint density at radius 3 is 3.00 bits per heavy atom. The summed E-state index contributed by atoms with van der Waals surface area (Å²) in [7, 11) is 0. The number of piperidine rings is 1. The third-order valence-corrected chi connectivity index (χ3v) is 5.59. The number of aromatic nitrogens is 3. The first-order chi connectivity index (χ1) is 13.1. The van der Waals surface area contributed by atoms with Crippen molar-refractivity contribution in [2.24, 2.45) is 5.92 Å². The van der Waals surface area contributed by atoms with Crippen LogP contribution in [0.15, 0.2) is 23.0 Å². The van der Waals surface area contributed by atoms with Crippen LogP contribution in [0.5, 0.6) is 0 Å². The Bertz CT molecular complexity index is 939. The van der Waals surface area contributed by atoms with Gasteiger partial charge in [-0.2, -0.15) is 0 Å². The second-order valence-corrected chi connectivity index (χ2v) is 7.46. The molecule has 9 nitrogen and oxygen atoms in total. The third kappa shape index (κ3) is 3.32. The fourth-order valence-electron chi connectivity index (χ4n) is 3.84.